The predicted molar refractivity (Wildman–Crippen MR) is 92.3 cm³/mol. The van der Waals surface area contributed by atoms with Crippen LogP contribution < -0.4 is 10.1 Å². The lowest BCUT2D eigenvalue weighted by atomic mass is 10.1. The van der Waals surface area contributed by atoms with Crippen LogP contribution in [0.1, 0.15) is 29.8 Å². The highest BCUT2D eigenvalue weighted by Gasteiger charge is 2.19. The molecule has 1 atom stereocenters. The number of carbonyl (C=O) groups excluding carboxylic acids is 2. The van der Waals surface area contributed by atoms with E-state index in [1.54, 1.807) is 24.3 Å². The van der Waals surface area contributed by atoms with E-state index >= 15 is 0 Å². The van der Waals surface area contributed by atoms with Gasteiger partial charge >= 0.3 is 5.97 Å². The number of amides is 1. The van der Waals surface area contributed by atoms with Gasteiger partial charge in [-0.05, 0) is 49.2 Å². The monoisotopic (exact) mass is 327 g/mol. The van der Waals surface area contributed by atoms with Gasteiger partial charge in [-0.1, -0.05) is 25.1 Å². The van der Waals surface area contributed by atoms with Crippen molar-refractivity contribution in [2.24, 2.45) is 0 Å². The van der Waals surface area contributed by atoms with Crippen molar-refractivity contribution in [3.8, 4) is 5.75 Å². The Balaban J connectivity index is 1.95. The Hall–Kier alpha value is -2.82. The van der Waals surface area contributed by atoms with Crippen LogP contribution in [0.3, 0.4) is 0 Å². The maximum absolute atomic E-state index is 12.1. The highest BCUT2D eigenvalue weighted by molar-refractivity contribution is 5.97. The van der Waals surface area contributed by atoms with Gasteiger partial charge in [0.25, 0.3) is 5.91 Å². The second-order valence-corrected chi connectivity index (χ2v) is 5.32. The van der Waals surface area contributed by atoms with Crippen LogP contribution in [0, 0.1) is 0 Å². The summed E-state index contributed by atoms with van der Waals surface area (Å²) in [5.74, 6) is -0.397. The molecule has 0 aliphatic carbocycles. The Labute approximate surface area is 141 Å². The third-order valence-electron chi connectivity index (χ3n) is 3.59. The van der Waals surface area contributed by atoms with Crippen LogP contribution in [0.5, 0.6) is 5.75 Å². The van der Waals surface area contributed by atoms with E-state index in [2.05, 4.69) is 12.2 Å². The number of hydrogen-bond acceptors (Lipinski definition) is 4. The summed E-state index contributed by atoms with van der Waals surface area (Å²) < 4.78 is 10.3. The average molecular weight is 327 g/mol. The van der Waals surface area contributed by atoms with Gasteiger partial charge in [0.05, 0.1) is 12.7 Å². The first-order valence-corrected chi connectivity index (χ1v) is 7.78. The standard InChI is InChI=1S/C19H21NO4/c1-4-14-8-10-16(11-9-14)20-18(21)13(2)24-19(22)15-6-5-7-17(12-15)23-3/h5-13H,4H2,1-3H3,(H,20,21)/t13-/m0/s1. The predicted octanol–water partition coefficient (Wildman–Crippen LogP) is 3.44. The van der Waals surface area contributed by atoms with Gasteiger partial charge in [0.2, 0.25) is 0 Å². The van der Waals surface area contributed by atoms with E-state index in [-0.39, 0.29) is 5.91 Å². The van der Waals surface area contributed by atoms with Gasteiger partial charge in [-0.2, -0.15) is 0 Å². The maximum Gasteiger partial charge on any atom is 0.339 e. The van der Waals surface area contributed by atoms with Crippen molar-refractivity contribution in [2.45, 2.75) is 26.4 Å². The van der Waals surface area contributed by atoms with Crippen LogP contribution in [-0.2, 0) is 16.0 Å². The van der Waals surface area contributed by atoms with Gasteiger partial charge in [0.15, 0.2) is 6.10 Å². The first-order valence-electron chi connectivity index (χ1n) is 7.78. The van der Waals surface area contributed by atoms with Crippen LogP contribution in [-0.4, -0.2) is 25.1 Å². The van der Waals surface area contributed by atoms with Crippen molar-refractivity contribution < 1.29 is 19.1 Å². The number of hydrogen-bond donors (Lipinski definition) is 1. The summed E-state index contributed by atoms with van der Waals surface area (Å²) >= 11 is 0. The lowest BCUT2D eigenvalue weighted by molar-refractivity contribution is -0.123. The third-order valence-corrected chi connectivity index (χ3v) is 3.59. The molecule has 0 bridgehead atoms. The Bertz CT molecular complexity index is 710. The van der Waals surface area contributed by atoms with Crippen molar-refractivity contribution in [1.82, 2.24) is 0 Å². The summed E-state index contributed by atoms with van der Waals surface area (Å²) in [5.41, 5.74) is 2.19. The first-order chi connectivity index (χ1) is 11.5. The Kier molecular flexibility index (Phi) is 5.95. The lowest BCUT2D eigenvalue weighted by Gasteiger charge is -2.14. The SMILES string of the molecule is CCc1ccc(NC(=O)[C@H](C)OC(=O)c2cccc(OC)c2)cc1. The van der Waals surface area contributed by atoms with Crippen LogP contribution in [0.4, 0.5) is 5.69 Å². The molecule has 24 heavy (non-hydrogen) atoms. The molecule has 0 aliphatic heterocycles. The Morgan fingerprint density at radius 2 is 1.83 bits per heavy atom. The first kappa shape index (κ1) is 17.5. The number of anilines is 1. The van der Waals surface area contributed by atoms with Gasteiger partial charge in [0, 0.05) is 5.69 Å². The molecule has 0 unspecified atom stereocenters. The molecule has 0 saturated carbocycles. The number of methoxy groups -OCH3 is 1. The minimum Gasteiger partial charge on any atom is -0.497 e. The van der Waals surface area contributed by atoms with Crippen molar-refractivity contribution in [3.05, 3.63) is 59.7 Å². The van der Waals surface area contributed by atoms with E-state index < -0.39 is 12.1 Å². The maximum atomic E-state index is 12.1. The number of rotatable bonds is 6. The highest BCUT2D eigenvalue weighted by atomic mass is 16.5. The van der Waals surface area contributed by atoms with E-state index in [4.69, 9.17) is 9.47 Å². The zero-order valence-corrected chi connectivity index (χ0v) is 14.0. The number of nitrogens with one attached hydrogen (secondary N) is 1. The molecule has 2 rings (SSSR count). The molecule has 0 heterocycles. The van der Waals surface area contributed by atoms with Crippen LogP contribution in [0.2, 0.25) is 0 Å². The quantitative estimate of drug-likeness (QED) is 0.826. The van der Waals surface area contributed by atoms with E-state index in [1.807, 2.05) is 24.3 Å². The van der Waals surface area contributed by atoms with Crippen LogP contribution in [0.25, 0.3) is 0 Å². The average Bonchev–Trinajstić information content (AvgIpc) is 2.62. The second-order valence-electron chi connectivity index (χ2n) is 5.32. The molecule has 1 amide bonds. The molecular weight excluding hydrogens is 306 g/mol. The topological polar surface area (TPSA) is 64.6 Å². The number of aryl methyl sites for hydroxylation is 1. The Morgan fingerprint density at radius 1 is 1.12 bits per heavy atom. The summed E-state index contributed by atoms with van der Waals surface area (Å²) in [6.45, 7) is 3.60. The van der Waals surface area contributed by atoms with E-state index in [0.29, 0.717) is 17.0 Å². The minimum absolute atomic E-state index is 0.335. The fourth-order valence-electron chi connectivity index (χ4n) is 2.10. The molecule has 0 aromatic heterocycles. The zero-order chi connectivity index (χ0) is 17.5. The number of benzene rings is 2. The normalized spacial score (nSPS) is 11.5. The van der Waals surface area contributed by atoms with Crippen molar-refractivity contribution >= 4 is 17.6 Å². The van der Waals surface area contributed by atoms with Gasteiger partial charge in [-0.25, -0.2) is 4.79 Å². The van der Waals surface area contributed by atoms with E-state index in [1.165, 1.54) is 19.6 Å². The van der Waals surface area contributed by atoms with E-state index in [0.717, 1.165) is 6.42 Å². The molecule has 0 spiro atoms. The molecule has 0 radical (unpaired) electrons. The molecule has 0 saturated heterocycles. The molecule has 0 fully saturated rings. The number of ether oxygens (including phenoxy) is 2. The zero-order valence-electron chi connectivity index (χ0n) is 14.0. The van der Waals surface area contributed by atoms with Crippen molar-refractivity contribution in [3.63, 3.8) is 0 Å². The fraction of sp³-hybridized carbons (Fsp3) is 0.263. The number of esters is 1. The molecule has 2 aromatic carbocycles. The van der Waals surface area contributed by atoms with Gasteiger partial charge < -0.3 is 14.8 Å². The summed E-state index contributed by atoms with van der Waals surface area (Å²) in [6.07, 6.45) is 0.0255. The molecule has 2 aromatic rings. The summed E-state index contributed by atoms with van der Waals surface area (Å²) in [7, 11) is 1.52. The lowest BCUT2D eigenvalue weighted by Crippen LogP contribution is -2.30. The minimum atomic E-state index is -0.908. The molecule has 126 valence electrons. The summed E-state index contributed by atoms with van der Waals surface area (Å²) in [6, 6.07) is 14.1. The van der Waals surface area contributed by atoms with Gasteiger partial charge in [-0.3, -0.25) is 4.79 Å². The fourth-order valence-corrected chi connectivity index (χ4v) is 2.10. The van der Waals surface area contributed by atoms with Crippen LogP contribution >= 0.6 is 0 Å². The largest absolute Gasteiger partial charge is 0.497 e. The molecule has 0 aliphatic rings. The van der Waals surface area contributed by atoms with Gasteiger partial charge in [0.1, 0.15) is 5.75 Å². The highest BCUT2D eigenvalue weighted by Crippen LogP contribution is 2.15. The molecule has 5 nitrogen and oxygen atoms in total. The van der Waals surface area contributed by atoms with Crippen molar-refractivity contribution in [1.29, 1.82) is 0 Å². The second kappa shape index (κ2) is 8.15. The van der Waals surface area contributed by atoms with Crippen molar-refractivity contribution in [2.75, 3.05) is 12.4 Å². The Morgan fingerprint density at radius 3 is 2.46 bits per heavy atom. The molecule has 5 heteroatoms. The third kappa shape index (κ3) is 4.59. The smallest absolute Gasteiger partial charge is 0.339 e. The summed E-state index contributed by atoms with van der Waals surface area (Å²) in [5, 5.41) is 2.73. The summed E-state index contributed by atoms with van der Waals surface area (Å²) in [4.78, 5) is 24.2. The molecule has 1 N–H and O–H groups in total. The number of carbonyl (C=O) groups is 2. The van der Waals surface area contributed by atoms with Crippen LogP contribution in [0.15, 0.2) is 48.5 Å². The molecular formula is C19H21NO4. The van der Waals surface area contributed by atoms with Gasteiger partial charge in [-0.15, -0.1) is 0 Å². The van der Waals surface area contributed by atoms with E-state index in [9.17, 15) is 9.59 Å².